The third kappa shape index (κ3) is 3.46. The summed E-state index contributed by atoms with van der Waals surface area (Å²) in [6.45, 7) is 4.56. The minimum atomic E-state index is -0.347. The Morgan fingerprint density at radius 2 is 2.21 bits per heavy atom. The van der Waals surface area contributed by atoms with Crippen LogP contribution < -0.4 is 10.1 Å². The standard InChI is InChI=1S/C16H16ClN5O2/c1-10(2)9-24-16-12(17)6-11(7-19-16)15(23)21-13-8-20-22-5-3-4-18-14(13)22/h3-8,10H,9H2,1-2H3,(H,21,23). The van der Waals surface area contributed by atoms with Crippen molar-refractivity contribution >= 4 is 28.8 Å². The van der Waals surface area contributed by atoms with E-state index < -0.39 is 0 Å². The van der Waals surface area contributed by atoms with Crippen molar-refractivity contribution in [1.29, 1.82) is 0 Å². The number of carbonyl (C=O) groups excluding carboxylic acids is 1. The zero-order valence-corrected chi connectivity index (χ0v) is 14.0. The van der Waals surface area contributed by atoms with Crippen LogP contribution in [0.2, 0.25) is 5.02 Å². The summed E-state index contributed by atoms with van der Waals surface area (Å²) in [4.78, 5) is 20.7. The van der Waals surface area contributed by atoms with Crippen LogP contribution in [0.1, 0.15) is 24.2 Å². The van der Waals surface area contributed by atoms with Crippen LogP contribution >= 0.6 is 11.6 Å². The number of amides is 1. The van der Waals surface area contributed by atoms with Gasteiger partial charge in [-0.1, -0.05) is 25.4 Å². The first-order valence-electron chi connectivity index (χ1n) is 7.42. The van der Waals surface area contributed by atoms with Crippen LogP contribution in [0.15, 0.2) is 36.9 Å². The van der Waals surface area contributed by atoms with Gasteiger partial charge in [-0.15, -0.1) is 0 Å². The molecule has 8 heteroatoms. The van der Waals surface area contributed by atoms with E-state index in [0.717, 1.165) is 0 Å². The molecule has 3 rings (SSSR count). The van der Waals surface area contributed by atoms with Crippen LogP contribution in [0.3, 0.4) is 0 Å². The van der Waals surface area contributed by atoms with Gasteiger partial charge >= 0.3 is 0 Å². The quantitative estimate of drug-likeness (QED) is 0.768. The minimum absolute atomic E-state index is 0.293. The number of hydrogen-bond acceptors (Lipinski definition) is 5. The number of halogens is 1. The van der Waals surface area contributed by atoms with Gasteiger partial charge in [-0.25, -0.2) is 14.5 Å². The fraction of sp³-hybridized carbons (Fsp3) is 0.250. The average molecular weight is 346 g/mol. The lowest BCUT2D eigenvalue weighted by atomic mass is 10.2. The van der Waals surface area contributed by atoms with Crippen molar-refractivity contribution in [2.45, 2.75) is 13.8 Å². The zero-order chi connectivity index (χ0) is 17.1. The van der Waals surface area contributed by atoms with Crippen LogP contribution in [0.4, 0.5) is 5.69 Å². The molecule has 0 saturated carbocycles. The molecule has 7 nitrogen and oxygen atoms in total. The number of hydrogen-bond donors (Lipinski definition) is 1. The number of fused-ring (bicyclic) bond motifs is 1. The van der Waals surface area contributed by atoms with Gasteiger partial charge in [-0.05, 0) is 18.1 Å². The van der Waals surface area contributed by atoms with Gasteiger partial charge in [0.15, 0.2) is 5.65 Å². The summed E-state index contributed by atoms with van der Waals surface area (Å²) in [6.07, 6.45) is 6.34. The van der Waals surface area contributed by atoms with E-state index in [2.05, 4.69) is 20.4 Å². The topological polar surface area (TPSA) is 81.4 Å². The summed E-state index contributed by atoms with van der Waals surface area (Å²) < 4.78 is 7.07. The Kier molecular flexibility index (Phi) is 4.61. The van der Waals surface area contributed by atoms with E-state index in [1.165, 1.54) is 18.5 Å². The van der Waals surface area contributed by atoms with E-state index in [0.29, 0.717) is 40.3 Å². The second-order valence-electron chi connectivity index (χ2n) is 5.62. The molecule has 0 spiro atoms. The fourth-order valence-electron chi connectivity index (χ4n) is 2.01. The van der Waals surface area contributed by atoms with E-state index in [1.54, 1.807) is 23.0 Å². The van der Waals surface area contributed by atoms with Crippen LogP contribution in [0.5, 0.6) is 5.88 Å². The Bertz CT molecular complexity index is 878. The molecule has 0 unspecified atom stereocenters. The molecule has 1 N–H and O–H groups in total. The SMILES string of the molecule is CC(C)COc1ncc(C(=O)Nc2cnn3cccnc23)cc1Cl. The van der Waals surface area contributed by atoms with Gasteiger partial charge in [0.2, 0.25) is 5.88 Å². The summed E-state index contributed by atoms with van der Waals surface area (Å²) >= 11 is 6.14. The number of rotatable bonds is 5. The first kappa shape index (κ1) is 16.2. The lowest BCUT2D eigenvalue weighted by molar-refractivity contribution is 0.102. The number of aromatic nitrogens is 4. The highest BCUT2D eigenvalue weighted by Crippen LogP contribution is 2.23. The highest BCUT2D eigenvalue weighted by atomic mass is 35.5. The summed E-state index contributed by atoms with van der Waals surface area (Å²) in [5.41, 5.74) is 1.39. The lowest BCUT2D eigenvalue weighted by Gasteiger charge is -2.10. The monoisotopic (exact) mass is 345 g/mol. The molecule has 0 bridgehead atoms. The zero-order valence-electron chi connectivity index (χ0n) is 13.2. The predicted octanol–water partition coefficient (Wildman–Crippen LogP) is 3.06. The Balaban J connectivity index is 1.76. The predicted molar refractivity (Wildman–Crippen MR) is 90.5 cm³/mol. The van der Waals surface area contributed by atoms with Crippen LogP contribution in [0.25, 0.3) is 5.65 Å². The Morgan fingerprint density at radius 1 is 1.38 bits per heavy atom. The molecular formula is C16H16ClN5O2. The molecule has 3 aromatic heterocycles. The maximum Gasteiger partial charge on any atom is 0.257 e. The Morgan fingerprint density at radius 3 is 2.96 bits per heavy atom. The van der Waals surface area contributed by atoms with E-state index >= 15 is 0 Å². The van der Waals surface area contributed by atoms with Gasteiger partial charge < -0.3 is 10.1 Å². The third-order valence-electron chi connectivity index (χ3n) is 3.15. The summed E-state index contributed by atoms with van der Waals surface area (Å²) in [6, 6.07) is 3.28. The number of nitrogens with one attached hydrogen (secondary N) is 1. The van der Waals surface area contributed by atoms with Crippen molar-refractivity contribution in [3.63, 3.8) is 0 Å². The fourth-order valence-corrected chi connectivity index (χ4v) is 2.23. The van der Waals surface area contributed by atoms with Crippen molar-refractivity contribution in [2.24, 2.45) is 5.92 Å². The van der Waals surface area contributed by atoms with E-state index in [4.69, 9.17) is 16.3 Å². The highest BCUT2D eigenvalue weighted by molar-refractivity contribution is 6.32. The summed E-state index contributed by atoms with van der Waals surface area (Å²) in [5, 5.41) is 7.16. The van der Waals surface area contributed by atoms with E-state index in [1.807, 2.05) is 13.8 Å². The molecule has 0 aliphatic carbocycles. The first-order chi connectivity index (χ1) is 11.5. The van der Waals surface area contributed by atoms with Crippen LogP contribution in [0, 0.1) is 5.92 Å². The largest absolute Gasteiger partial charge is 0.476 e. The number of pyridine rings is 1. The van der Waals surface area contributed by atoms with Gasteiger partial charge in [0.1, 0.15) is 10.7 Å². The first-order valence-corrected chi connectivity index (χ1v) is 7.80. The molecule has 0 aliphatic rings. The molecule has 124 valence electrons. The normalized spacial score (nSPS) is 11.0. The minimum Gasteiger partial charge on any atom is -0.476 e. The maximum absolute atomic E-state index is 12.4. The Labute approximate surface area is 143 Å². The van der Waals surface area contributed by atoms with Crippen molar-refractivity contribution < 1.29 is 9.53 Å². The van der Waals surface area contributed by atoms with E-state index in [-0.39, 0.29) is 5.91 Å². The molecule has 0 fully saturated rings. The maximum atomic E-state index is 12.4. The highest BCUT2D eigenvalue weighted by Gasteiger charge is 2.14. The van der Waals surface area contributed by atoms with E-state index in [9.17, 15) is 4.79 Å². The molecule has 3 aromatic rings. The Hall–Kier alpha value is -2.67. The van der Waals surface area contributed by atoms with Gasteiger partial charge in [0.05, 0.1) is 18.4 Å². The van der Waals surface area contributed by atoms with Gasteiger partial charge in [0, 0.05) is 18.6 Å². The van der Waals surface area contributed by atoms with Crippen molar-refractivity contribution in [2.75, 3.05) is 11.9 Å². The molecule has 1 amide bonds. The van der Waals surface area contributed by atoms with Crippen molar-refractivity contribution in [3.8, 4) is 5.88 Å². The molecular weight excluding hydrogens is 330 g/mol. The molecule has 0 atom stereocenters. The van der Waals surface area contributed by atoms with Gasteiger partial charge in [0.25, 0.3) is 5.91 Å². The summed E-state index contributed by atoms with van der Waals surface area (Å²) in [5.74, 6) is 0.328. The number of nitrogens with zero attached hydrogens (tertiary/aromatic N) is 4. The van der Waals surface area contributed by atoms with Crippen LogP contribution in [-0.4, -0.2) is 32.1 Å². The van der Waals surface area contributed by atoms with Crippen molar-refractivity contribution in [1.82, 2.24) is 19.6 Å². The van der Waals surface area contributed by atoms with Gasteiger partial charge in [-0.2, -0.15) is 5.10 Å². The number of carbonyl (C=O) groups is 1. The molecule has 0 radical (unpaired) electrons. The molecule has 3 heterocycles. The van der Waals surface area contributed by atoms with Crippen molar-refractivity contribution in [3.05, 3.63) is 47.5 Å². The molecule has 0 aliphatic heterocycles. The second-order valence-corrected chi connectivity index (χ2v) is 6.02. The number of ether oxygens (including phenoxy) is 1. The smallest absolute Gasteiger partial charge is 0.257 e. The summed E-state index contributed by atoms with van der Waals surface area (Å²) in [7, 11) is 0. The van der Waals surface area contributed by atoms with Gasteiger partial charge in [-0.3, -0.25) is 4.79 Å². The average Bonchev–Trinajstić information content (AvgIpc) is 2.96. The lowest BCUT2D eigenvalue weighted by Crippen LogP contribution is -2.13. The molecule has 0 saturated heterocycles. The van der Waals surface area contributed by atoms with Crippen LogP contribution in [-0.2, 0) is 0 Å². The number of anilines is 1. The third-order valence-corrected chi connectivity index (χ3v) is 3.42. The second kappa shape index (κ2) is 6.84. The molecule has 24 heavy (non-hydrogen) atoms. The molecule has 0 aromatic carbocycles.